The number of carboxylic acid groups (broad SMARTS) is 1. The van der Waals surface area contributed by atoms with Crippen molar-refractivity contribution in [2.75, 3.05) is 26.9 Å². The summed E-state index contributed by atoms with van der Waals surface area (Å²) in [5.74, 6) is -1.07. The monoisotopic (exact) mass is 371 g/mol. The van der Waals surface area contributed by atoms with Crippen molar-refractivity contribution in [3.05, 3.63) is 59.7 Å². The zero-order valence-corrected chi connectivity index (χ0v) is 15.5. The van der Waals surface area contributed by atoms with E-state index in [-0.39, 0.29) is 19.1 Å². The highest BCUT2D eigenvalue weighted by molar-refractivity contribution is 5.78. The van der Waals surface area contributed by atoms with Crippen molar-refractivity contribution >= 4 is 5.97 Å². The molecule has 6 nitrogen and oxygen atoms in total. The third-order valence-corrected chi connectivity index (χ3v) is 4.98. The number of likely N-dealkylation sites (N-methyl/N-ethyl adjacent to an activating group) is 1. The van der Waals surface area contributed by atoms with Crippen LogP contribution in [0.1, 0.15) is 24.0 Å². The van der Waals surface area contributed by atoms with Crippen LogP contribution in [0.2, 0.25) is 0 Å². The van der Waals surface area contributed by atoms with E-state index in [2.05, 4.69) is 24.3 Å². The maximum absolute atomic E-state index is 11.5. The van der Waals surface area contributed by atoms with Gasteiger partial charge in [-0.25, -0.2) is 4.90 Å². The van der Waals surface area contributed by atoms with E-state index in [0.29, 0.717) is 6.61 Å². The molecule has 0 amide bonds. The van der Waals surface area contributed by atoms with E-state index in [0.717, 1.165) is 11.1 Å². The smallest absolute Gasteiger partial charge is 0.323 e. The van der Waals surface area contributed by atoms with E-state index in [1.54, 1.807) is 6.92 Å². The van der Waals surface area contributed by atoms with Crippen molar-refractivity contribution in [3.63, 3.8) is 0 Å². The maximum Gasteiger partial charge on any atom is 0.323 e. The molecule has 0 saturated heterocycles. The molecule has 0 fully saturated rings. The van der Waals surface area contributed by atoms with Crippen molar-refractivity contribution in [1.82, 2.24) is 4.90 Å². The van der Waals surface area contributed by atoms with Crippen molar-refractivity contribution in [2.24, 2.45) is 0 Å². The molecule has 2 atom stereocenters. The lowest BCUT2D eigenvalue weighted by Gasteiger charge is -2.29. The molecular weight excluding hydrogens is 346 g/mol. The molecule has 0 aliphatic heterocycles. The molecule has 0 radical (unpaired) electrons. The zero-order chi connectivity index (χ0) is 19.4. The summed E-state index contributed by atoms with van der Waals surface area (Å²) < 4.78 is 10.9. The molecule has 2 aromatic carbocycles. The van der Waals surface area contributed by atoms with Gasteiger partial charge in [-0.15, -0.1) is 0 Å². The average molecular weight is 371 g/mol. The lowest BCUT2D eigenvalue weighted by atomic mass is 9.98. The van der Waals surface area contributed by atoms with Crippen LogP contribution in [0.15, 0.2) is 48.5 Å². The standard InChI is InChI=1S/C21H25NO5/c1-3-26-13-19(20(23)24)22(2)21(25)27-12-18-16-10-6-4-8-14(16)15-9-5-7-11-17(15)18/h4-11,18-19,21,25H,3,12-13H2,1-2H3,(H,23,24)/t19-,21?/m0/s1. The summed E-state index contributed by atoms with van der Waals surface area (Å²) in [5, 5.41) is 19.7. The molecule has 27 heavy (non-hydrogen) atoms. The van der Waals surface area contributed by atoms with Crippen LogP contribution in [0.25, 0.3) is 11.1 Å². The SMILES string of the molecule is CCOC[C@@H](C(=O)O)N(C)C(O)OCC1c2ccccc2-c2ccccc21. The Morgan fingerprint density at radius 1 is 1.11 bits per heavy atom. The lowest BCUT2D eigenvalue weighted by molar-refractivity contribution is -0.208. The number of aliphatic hydroxyl groups is 1. The van der Waals surface area contributed by atoms with Gasteiger partial charge in [0.2, 0.25) is 6.41 Å². The molecule has 0 aromatic heterocycles. The fourth-order valence-electron chi connectivity index (χ4n) is 3.49. The Morgan fingerprint density at radius 2 is 1.67 bits per heavy atom. The van der Waals surface area contributed by atoms with Crippen LogP contribution in [-0.4, -0.2) is 60.4 Å². The van der Waals surface area contributed by atoms with E-state index in [1.165, 1.54) is 23.1 Å². The number of carbonyl (C=O) groups is 1. The first kappa shape index (κ1) is 19.5. The molecule has 1 aliphatic rings. The molecule has 144 valence electrons. The number of benzene rings is 2. The molecule has 0 saturated carbocycles. The number of fused-ring (bicyclic) bond motifs is 3. The summed E-state index contributed by atoms with van der Waals surface area (Å²) in [6.45, 7) is 2.43. The molecule has 0 spiro atoms. The van der Waals surface area contributed by atoms with Crippen LogP contribution in [0.4, 0.5) is 0 Å². The molecule has 6 heteroatoms. The van der Waals surface area contributed by atoms with Gasteiger partial charge in [-0.05, 0) is 36.2 Å². The van der Waals surface area contributed by atoms with E-state index >= 15 is 0 Å². The van der Waals surface area contributed by atoms with Crippen molar-refractivity contribution in [3.8, 4) is 11.1 Å². The van der Waals surface area contributed by atoms with Crippen molar-refractivity contribution in [1.29, 1.82) is 0 Å². The molecule has 1 unspecified atom stereocenters. The molecule has 2 aromatic rings. The Balaban J connectivity index is 1.72. The highest BCUT2D eigenvalue weighted by Crippen LogP contribution is 2.44. The first-order chi connectivity index (χ1) is 13.0. The van der Waals surface area contributed by atoms with Crippen LogP contribution >= 0.6 is 0 Å². The topological polar surface area (TPSA) is 79.2 Å². The predicted octanol–water partition coefficient (Wildman–Crippen LogP) is 2.51. The average Bonchev–Trinajstić information content (AvgIpc) is 3.00. The summed E-state index contributed by atoms with van der Waals surface area (Å²) in [4.78, 5) is 12.7. The highest BCUT2D eigenvalue weighted by Gasteiger charge is 2.31. The van der Waals surface area contributed by atoms with Crippen LogP contribution in [0.5, 0.6) is 0 Å². The van der Waals surface area contributed by atoms with Crippen LogP contribution in [-0.2, 0) is 14.3 Å². The van der Waals surface area contributed by atoms with Crippen LogP contribution in [0.3, 0.4) is 0 Å². The molecule has 2 N–H and O–H groups in total. The molecule has 0 heterocycles. The van der Waals surface area contributed by atoms with Gasteiger partial charge in [0.25, 0.3) is 0 Å². The van der Waals surface area contributed by atoms with E-state index in [4.69, 9.17) is 9.47 Å². The minimum Gasteiger partial charge on any atom is -0.480 e. The second-order valence-corrected chi connectivity index (χ2v) is 6.57. The molecular formula is C21H25NO5. The van der Waals surface area contributed by atoms with E-state index in [1.807, 2.05) is 24.3 Å². The third-order valence-electron chi connectivity index (χ3n) is 4.98. The second kappa shape index (κ2) is 8.63. The van der Waals surface area contributed by atoms with Crippen molar-refractivity contribution in [2.45, 2.75) is 25.3 Å². The summed E-state index contributed by atoms with van der Waals surface area (Å²) in [6, 6.07) is 15.3. The lowest BCUT2D eigenvalue weighted by Crippen LogP contribution is -2.48. The van der Waals surface area contributed by atoms with Gasteiger partial charge in [0.1, 0.15) is 6.04 Å². The molecule has 0 bridgehead atoms. The zero-order valence-electron chi connectivity index (χ0n) is 15.5. The van der Waals surface area contributed by atoms with Gasteiger partial charge in [0.15, 0.2) is 0 Å². The number of hydrogen-bond acceptors (Lipinski definition) is 5. The number of aliphatic hydroxyl groups excluding tert-OH is 1. The normalized spacial score (nSPS) is 15.4. The number of carboxylic acids is 1. The van der Waals surface area contributed by atoms with Gasteiger partial charge in [-0.3, -0.25) is 4.79 Å². The Kier molecular flexibility index (Phi) is 6.23. The minimum absolute atomic E-state index is 0.00406. The predicted molar refractivity (Wildman–Crippen MR) is 101 cm³/mol. The number of ether oxygens (including phenoxy) is 2. The van der Waals surface area contributed by atoms with Gasteiger partial charge in [0, 0.05) is 12.5 Å². The first-order valence-corrected chi connectivity index (χ1v) is 9.05. The molecule has 3 rings (SSSR count). The van der Waals surface area contributed by atoms with Crippen LogP contribution in [0, 0.1) is 0 Å². The van der Waals surface area contributed by atoms with E-state index < -0.39 is 18.4 Å². The maximum atomic E-state index is 11.5. The summed E-state index contributed by atoms with van der Waals surface area (Å²) in [7, 11) is 1.51. The summed E-state index contributed by atoms with van der Waals surface area (Å²) in [6.07, 6.45) is -1.34. The number of hydrogen-bond donors (Lipinski definition) is 2. The number of nitrogens with zero attached hydrogens (tertiary/aromatic N) is 1. The number of aliphatic carboxylic acids is 1. The summed E-state index contributed by atoms with van der Waals surface area (Å²) >= 11 is 0. The first-order valence-electron chi connectivity index (χ1n) is 9.05. The van der Waals surface area contributed by atoms with Gasteiger partial charge in [0.05, 0.1) is 13.2 Å². The number of rotatable bonds is 9. The third kappa shape index (κ3) is 4.04. The fourth-order valence-corrected chi connectivity index (χ4v) is 3.49. The highest BCUT2D eigenvalue weighted by atomic mass is 16.6. The quantitative estimate of drug-likeness (QED) is 0.660. The summed E-state index contributed by atoms with van der Waals surface area (Å²) in [5.41, 5.74) is 4.64. The van der Waals surface area contributed by atoms with Gasteiger partial charge in [-0.2, -0.15) is 0 Å². The Bertz CT molecular complexity index is 748. The fraction of sp³-hybridized carbons (Fsp3) is 0.381. The minimum atomic E-state index is -1.34. The van der Waals surface area contributed by atoms with E-state index in [9.17, 15) is 15.0 Å². The van der Waals surface area contributed by atoms with Gasteiger partial charge in [-0.1, -0.05) is 48.5 Å². The van der Waals surface area contributed by atoms with Crippen LogP contribution < -0.4 is 0 Å². The largest absolute Gasteiger partial charge is 0.480 e. The Morgan fingerprint density at radius 3 is 2.19 bits per heavy atom. The Labute approximate surface area is 159 Å². The molecule has 1 aliphatic carbocycles. The Hall–Kier alpha value is -2.25. The second-order valence-electron chi connectivity index (χ2n) is 6.57. The van der Waals surface area contributed by atoms with Gasteiger partial charge < -0.3 is 19.7 Å². The van der Waals surface area contributed by atoms with Gasteiger partial charge >= 0.3 is 5.97 Å². The van der Waals surface area contributed by atoms with Crippen molar-refractivity contribution < 1.29 is 24.5 Å².